The van der Waals surface area contributed by atoms with Crippen molar-refractivity contribution in [1.29, 1.82) is 0 Å². The van der Waals surface area contributed by atoms with Crippen molar-refractivity contribution in [2.75, 3.05) is 5.32 Å². The van der Waals surface area contributed by atoms with E-state index in [0.29, 0.717) is 11.8 Å². The van der Waals surface area contributed by atoms with E-state index in [1.54, 1.807) is 0 Å². The van der Waals surface area contributed by atoms with Crippen molar-refractivity contribution in [2.45, 2.75) is 58.3 Å². The Hall–Kier alpha value is -1.39. The molecular formula is C19H27NO3. The summed E-state index contributed by atoms with van der Waals surface area (Å²) in [6.45, 7) is 7.91. The van der Waals surface area contributed by atoms with Crippen LogP contribution in [-0.2, 0) is 9.53 Å². The summed E-state index contributed by atoms with van der Waals surface area (Å²) in [5.41, 5.74) is 1.70. The third-order valence-corrected chi connectivity index (χ3v) is 5.73. The minimum absolute atomic E-state index is 0.00224. The van der Waals surface area contributed by atoms with Crippen molar-refractivity contribution in [3.63, 3.8) is 0 Å². The topological polar surface area (TPSA) is 58.6 Å². The van der Waals surface area contributed by atoms with E-state index in [4.69, 9.17) is 4.74 Å². The van der Waals surface area contributed by atoms with Crippen LogP contribution < -0.4 is 5.32 Å². The van der Waals surface area contributed by atoms with Gasteiger partial charge in [0.25, 0.3) is 0 Å². The smallest absolute Gasteiger partial charge is 0.221 e. The van der Waals surface area contributed by atoms with Crippen LogP contribution in [-0.4, -0.2) is 22.7 Å². The maximum atomic E-state index is 11.1. The first-order valence-corrected chi connectivity index (χ1v) is 8.51. The molecule has 1 aromatic rings. The normalized spacial score (nSPS) is 35.6. The number of amides is 1. The highest BCUT2D eigenvalue weighted by atomic mass is 16.5. The number of aliphatic hydroxyl groups is 1. The Morgan fingerprint density at radius 3 is 2.52 bits per heavy atom. The zero-order chi connectivity index (χ0) is 16.8. The van der Waals surface area contributed by atoms with Gasteiger partial charge in [0.2, 0.25) is 5.91 Å². The van der Waals surface area contributed by atoms with Crippen molar-refractivity contribution in [1.82, 2.24) is 0 Å². The van der Waals surface area contributed by atoms with Crippen LogP contribution in [0, 0.1) is 17.8 Å². The molecule has 1 aliphatic heterocycles. The summed E-state index contributed by atoms with van der Waals surface area (Å²) in [7, 11) is 0. The number of nitrogens with one attached hydrogen (secondary N) is 1. The van der Waals surface area contributed by atoms with E-state index in [0.717, 1.165) is 24.1 Å². The van der Waals surface area contributed by atoms with E-state index in [1.165, 1.54) is 6.92 Å². The number of anilines is 1. The lowest BCUT2D eigenvalue weighted by molar-refractivity contribution is -0.215. The van der Waals surface area contributed by atoms with E-state index in [-0.39, 0.29) is 29.6 Å². The summed E-state index contributed by atoms with van der Waals surface area (Å²) in [5, 5.41) is 13.2. The maximum Gasteiger partial charge on any atom is 0.221 e. The average molecular weight is 317 g/mol. The number of carbonyl (C=O) groups excluding carboxylic acids is 1. The monoisotopic (exact) mass is 317 g/mol. The molecule has 2 fully saturated rings. The molecule has 126 valence electrons. The molecule has 2 unspecified atom stereocenters. The Bertz CT molecular complexity index is 581. The molecule has 0 spiro atoms. The summed E-state index contributed by atoms with van der Waals surface area (Å²) in [6, 6.07) is 7.90. The van der Waals surface area contributed by atoms with Crippen molar-refractivity contribution in [2.24, 2.45) is 17.8 Å². The van der Waals surface area contributed by atoms with Gasteiger partial charge in [-0.15, -0.1) is 0 Å². The molecule has 2 bridgehead atoms. The highest BCUT2D eigenvalue weighted by Gasteiger charge is 2.50. The Labute approximate surface area is 138 Å². The number of aliphatic hydroxyl groups excluding tert-OH is 1. The summed E-state index contributed by atoms with van der Waals surface area (Å²) in [6.07, 6.45) is 1.68. The van der Waals surface area contributed by atoms with Gasteiger partial charge in [0, 0.05) is 12.6 Å². The van der Waals surface area contributed by atoms with E-state index in [9.17, 15) is 9.90 Å². The molecule has 1 heterocycles. The molecule has 1 saturated carbocycles. The van der Waals surface area contributed by atoms with Gasteiger partial charge in [-0.1, -0.05) is 19.1 Å². The molecule has 0 aromatic heterocycles. The van der Waals surface area contributed by atoms with E-state index >= 15 is 0 Å². The van der Waals surface area contributed by atoms with Crippen molar-refractivity contribution in [3.8, 4) is 0 Å². The minimum Gasteiger partial charge on any atom is -0.393 e. The van der Waals surface area contributed by atoms with Crippen LogP contribution in [0.1, 0.15) is 52.2 Å². The SMILES string of the molecule is CC(=O)Nc1ccc([C@@H]2OC(C)(C)C3CC2[C@H](C)[C@@H](O)C3)cc1. The Balaban J connectivity index is 1.86. The molecule has 4 nitrogen and oxygen atoms in total. The number of rotatable bonds is 2. The summed E-state index contributed by atoms with van der Waals surface area (Å²) in [5.74, 6) is 0.916. The van der Waals surface area contributed by atoms with Crippen molar-refractivity contribution >= 4 is 11.6 Å². The second-order valence-corrected chi connectivity index (χ2v) is 7.70. The molecule has 1 aromatic carbocycles. The van der Waals surface area contributed by atoms with Crippen LogP contribution in [0.4, 0.5) is 5.69 Å². The molecule has 0 radical (unpaired) electrons. The fourth-order valence-electron chi connectivity index (χ4n) is 4.18. The summed E-state index contributed by atoms with van der Waals surface area (Å²) in [4.78, 5) is 11.1. The predicted molar refractivity (Wildman–Crippen MR) is 90.0 cm³/mol. The molecule has 5 atom stereocenters. The van der Waals surface area contributed by atoms with Crippen molar-refractivity contribution in [3.05, 3.63) is 29.8 Å². The van der Waals surface area contributed by atoms with Gasteiger partial charge in [-0.05, 0) is 62.1 Å². The molecule has 1 saturated heterocycles. The molecule has 1 amide bonds. The Morgan fingerprint density at radius 2 is 1.91 bits per heavy atom. The largest absolute Gasteiger partial charge is 0.393 e. The number of carbonyl (C=O) groups is 1. The van der Waals surface area contributed by atoms with Gasteiger partial charge in [0.1, 0.15) is 0 Å². The average Bonchev–Trinajstić information content (AvgIpc) is 2.47. The quantitative estimate of drug-likeness (QED) is 0.877. The number of hydrogen-bond donors (Lipinski definition) is 2. The van der Waals surface area contributed by atoms with Crippen LogP contribution in [0.25, 0.3) is 0 Å². The first-order valence-electron chi connectivity index (χ1n) is 8.51. The molecule has 23 heavy (non-hydrogen) atoms. The van der Waals surface area contributed by atoms with Gasteiger partial charge in [-0.3, -0.25) is 4.79 Å². The van der Waals surface area contributed by atoms with Gasteiger partial charge in [0.05, 0.1) is 17.8 Å². The number of benzene rings is 1. The van der Waals surface area contributed by atoms with Gasteiger partial charge in [0.15, 0.2) is 0 Å². The lowest BCUT2D eigenvalue weighted by Crippen LogP contribution is -2.52. The fraction of sp³-hybridized carbons (Fsp3) is 0.632. The zero-order valence-corrected chi connectivity index (χ0v) is 14.4. The van der Waals surface area contributed by atoms with Gasteiger partial charge in [-0.25, -0.2) is 0 Å². The predicted octanol–water partition coefficient (Wildman–Crippen LogP) is 3.52. The Kier molecular flexibility index (Phi) is 4.23. The van der Waals surface area contributed by atoms with E-state index in [1.807, 2.05) is 24.3 Å². The lowest BCUT2D eigenvalue weighted by Gasteiger charge is -2.53. The molecule has 2 N–H and O–H groups in total. The second-order valence-electron chi connectivity index (χ2n) is 7.70. The lowest BCUT2D eigenvalue weighted by atomic mass is 9.63. The molecule has 2 aliphatic rings. The van der Waals surface area contributed by atoms with Gasteiger partial charge in [-0.2, -0.15) is 0 Å². The molecular weight excluding hydrogens is 290 g/mol. The number of ether oxygens (including phenoxy) is 1. The molecule has 1 aliphatic carbocycles. The van der Waals surface area contributed by atoms with Gasteiger partial charge >= 0.3 is 0 Å². The fourth-order valence-corrected chi connectivity index (χ4v) is 4.18. The molecule has 3 rings (SSSR count). The highest BCUT2D eigenvalue weighted by Crippen LogP contribution is 2.53. The number of hydrogen-bond acceptors (Lipinski definition) is 3. The standard InChI is InChI=1S/C19H27NO3/c1-11-16-9-14(10-17(11)22)19(3,4)23-18(16)13-5-7-15(8-6-13)20-12(2)21/h5-8,11,14,16-18,22H,9-10H2,1-4H3,(H,20,21)/t11-,14?,16?,17-,18-/m0/s1. The Morgan fingerprint density at radius 1 is 1.26 bits per heavy atom. The summed E-state index contributed by atoms with van der Waals surface area (Å²) < 4.78 is 6.47. The van der Waals surface area contributed by atoms with Crippen LogP contribution in [0.3, 0.4) is 0 Å². The van der Waals surface area contributed by atoms with Crippen LogP contribution >= 0.6 is 0 Å². The van der Waals surface area contributed by atoms with Crippen LogP contribution in [0.15, 0.2) is 24.3 Å². The number of fused-ring (bicyclic) bond motifs is 2. The second kappa shape index (κ2) is 5.91. The van der Waals surface area contributed by atoms with Gasteiger partial charge < -0.3 is 15.2 Å². The zero-order valence-electron chi connectivity index (χ0n) is 14.4. The van der Waals surface area contributed by atoms with Crippen LogP contribution in [0.5, 0.6) is 0 Å². The summed E-state index contributed by atoms with van der Waals surface area (Å²) >= 11 is 0. The minimum atomic E-state index is -0.247. The van der Waals surface area contributed by atoms with E-state index < -0.39 is 0 Å². The van der Waals surface area contributed by atoms with Crippen molar-refractivity contribution < 1.29 is 14.6 Å². The first-order chi connectivity index (χ1) is 10.8. The van der Waals surface area contributed by atoms with E-state index in [2.05, 4.69) is 26.1 Å². The third-order valence-electron chi connectivity index (χ3n) is 5.73. The maximum absolute atomic E-state index is 11.1. The van der Waals surface area contributed by atoms with Crippen LogP contribution in [0.2, 0.25) is 0 Å². The molecule has 4 heteroatoms. The third kappa shape index (κ3) is 3.15. The highest BCUT2D eigenvalue weighted by molar-refractivity contribution is 5.88. The first kappa shape index (κ1) is 16.5.